The summed E-state index contributed by atoms with van der Waals surface area (Å²) >= 11 is 0. The van der Waals surface area contributed by atoms with Crippen molar-refractivity contribution in [1.29, 1.82) is 0 Å². The zero-order valence-corrected chi connectivity index (χ0v) is 11.4. The Morgan fingerprint density at radius 1 is 1.50 bits per heavy atom. The lowest BCUT2D eigenvalue weighted by atomic mass is 10.0. The Morgan fingerprint density at radius 2 is 2.15 bits per heavy atom. The number of allylic oxidation sites excluding steroid dienone is 2. The highest BCUT2D eigenvalue weighted by Gasteiger charge is 2.23. The second-order valence-electron chi connectivity index (χ2n) is 4.23. The number of aliphatic hydroxyl groups excluding tert-OH is 1. The van der Waals surface area contributed by atoms with Gasteiger partial charge in [0.05, 0.1) is 16.9 Å². The summed E-state index contributed by atoms with van der Waals surface area (Å²) in [6.45, 7) is 4.00. The number of amides is 1. The van der Waals surface area contributed by atoms with Crippen molar-refractivity contribution in [3.05, 3.63) is 57.4 Å². The predicted molar refractivity (Wildman–Crippen MR) is 71.3 cm³/mol. The van der Waals surface area contributed by atoms with Crippen LogP contribution in [0.3, 0.4) is 0 Å². The normalized spacial score (nSPS) is 14.4. The van der Waals surface area contributed by atoms with Crippen LogP contribution in [0.5, 0.6) is 0 Å². The molecule has 1 aromatic rings. The summed E-state index contributed by atoms with van der Waals surface area (Å²) in [4.78, 5) is 21.4. The summed E-state index contributed by atoms with van der Waals surface area (Å²) in [5, 5.41) is 23.0. The minimum Gasteiger partial charge on any atom is -0.512 e. The molecule has 1 rings (SSSR count). The van der Waals surface area contributed by atoms with E-state index in [0.717, 1.165) is 0 Å². The number of rotatable bonds is 5. The van der Waals surface area contributed by atoms with Crippen molar-refractivity contribution in [2.75, 3.05) is 0 Å². The highest BCUT2D eigenvalue weighted by atomic mass is 16.6. The first-order valence-electron chi connectivity index (χ1n) is 5.86. The van der Waals surface area contributed by atoms with Gasteiger partial charge >= 0.3 is 0 Å². The topological polar surface area (TPSA) is 106 Å². The summed E-state index contributed by atoms with van der Waals surface area (Å²) in [5.41, 5.74) is 0.0414. The molecule has 2 N–H and O–H groups in total. The molecule has 7 heteroatoms. The lowest BCUT2D eigenvalue weighted by Gasteiger charge is -2.17. The van der Waals surface area contributed by atoms with Crippen molar-refractivity contribution in [2.24, 2.45) is 0 Å². The molecule has 0 bridgehead atoms. The van der Waals surface area contributed by atoms with E-state index in [1.165, 1.54) is 33.1 Å². The standard InChI is InChI=1S/C13H16N2O5/c1-8(15(18)19)7-11(9(2)16)13(14-10(3)17)12-5-4-6-20-12/h4-7,13,16H,1-3H3,(H,14,17)/b8-7+,11-9-. The third-order valence-corrected chi connectivity index (χ3v) is 2.56. The minimum atomic E-state index is -0.789. The molecular weight excluding hydrogens is 264 g/mol. The average Bonchev–Trinajstić information content (AvgIpc) is 2.85. The number of carbonyl (C=O) groups excluding carboxylic acids is 1. The Labute approximate surface area is 115 Å². The van der Waals surface area contributed by atoms with Crippen molar-refractivity contribution in [1.82, 2.24) is 5.32 Å². The molecule has 1 unspecified atom stereocenters. The van der Waals surface area contributed by atoms with E-state index in [9.17, 15) is 20.0 Å². The first kappa shape index (κ1) is 15.5. The Morgan fingerprint density at radius 3 is 2.55 bits per heavy atom. The molecule has 0 fully saturated rings. The van der Waals surface area contributed by atoms with Gasteiger partial charge in [0, 0.05) is 25.5 Å². The number of carbonyl (C=O) groups is 1. The van der Waals surface area contributed by atoms with Gasteiger partial charge in [-0.25, -0.2) is 0 Å². The predicted octanol–water partition coefficient (Wildman–Crippen LogP) is 2.47. The summed E-state index contributed by atoms with van der Waals surface area (Å²) in [7, 11) is 0. The van der Waals surface area contributed by atoms with Gasteiger partial charge in [0.25, 0.3) is 0 Å². The molecule has 108 valence electrons. The fourth-order valence-electron chi connectivity index (χ4n) is 1.64. The lowest BCUT2D eigenvalue weighted by Crippen LogP contribution is -2.27. The lowest BCUT2D eigenvalue weighted by molar-refractivity contribution is -0.424. The van der Waals surface area contributed by atoms with Crippen LogP contribution < -0.4 is 5.32 Å². The maximum Gasteiger partial charge on any atom is 0.243 e. The van der Waals surface area contributed by atoms with Gasteiger partial charge in [-0.15, -0.1) is 0 Å². The molecule has 0 saturated heterocycles. The number of nitrogens with one attached hydrogen (secondary N) is 1. The zero-order chi connectivity index (χ0) is 15.3. The molecule has 1 amide bonds. The van der Waals surface area contributed by atoms with Gasteiger partial charge in [0.1, 0.15) is 11.8 Å². The van der Waals surface area contributed by atoms with Crippen LogP contribution >= 0.6 is 0 Å². The first-order valence-corrected chi connectivity index (χ1v) is 5.86. The van der Waals surface area contributed by atoms with Gasteiger partial charge in [0.2, 0.25) is 11.6 Å². The Hall–Kier alpha value is -2.57. The van der Waals surface area contributed by atoms with E-state index in [2.05, 4.69) is 5.32 Å². The summed E-state index contributed by atoms with van der Waals surface area (Å²) in [5.74, 6) is -0.116. The van der Waals surface area contributed by atoms with Gasteiger partial charge in [-0.2, -0.15) is 0 Å². The number of furan rings is 1. The number of nitrogens with zero attached hydrogens (tertiary/aromatic N) is 1. The van der Waals surface area contributed by atoms with Crippen LogP contribution in [0.4, 0.5) is 0 Å². The van der Waals surface area contributed by atoms with Crippen LogP contribution in [0.1, 0.15) is 32.6 Å². The molecule has 1 aromatic heterocycles. The maximum absolute atomic E-state index is 11.3. The van der Waals surface area contributed by atoms with Crippen LogP contribution in [0, 0.1) is 10.1 Å². The molecule has 0 aliphatic rings. The molecule has 1 atom stereocenters. The largest absolute Gasteiger partial charge is 0.512 e. The second-order valence-corrected chi connectivity index (χ2v) is 4.23. The molecule has 0 spiro atoms. The maximum atomic E-state index is 11.3. The van der Waals surface area contributed by atoms with Crippen molar-refractivity contribution in [3.8, 4) is 0 Å². The van der Waals surface area contributed by atoms with E-state index in [1.54, 1.807) is 12.1 Å². The van der Waals surface area contributed by atoms with Gasteiger partial charge < -0.3 is 14.8 Å². The van der Waals surface area contributed by atoms with Crippen LogP contribution in [0.15, 0.2) is 45.9 Å². The van der Waals surface area contributed by atoms with Gasteiger partial charge in [-0.1, -0.05) is 0 Å². The Balaban J connectivity index is 3.27. The first-order chi connectivity index (χ1) is 9.32. The number of hydrogen-bond donors (Lipinski definition) is 2. The highest BCUT2D eigenvalue weighted by molar-refractivity contribution is 5.74. The summed E-state index contributed by atoms with van der Waals surface area (Å²) in [6, 6.07) is 2.44. The molecule has 0 aromatic carbocycles. The van der Waals surface area contributed by atoms with Gasteiger partial charge in [-0.05, 0) is 19.1 Å². The second kappa shape index (κ2) is 6.55. The third kappa shape index (κ3) is 3.98. The van der Waals surface area contributed by atoms with Crippen molar-refractivity contribution in [2.45, 2.75) is 26.8 Å². The van der Waals surface area contributed by atoms with Crippen LogP contribution in [-0.4, -0.2) is 15.9 Å². The molecule has 0 aliphatic carbocycles. The van der Waals surface area contributed by atoms with Crippen LogP contribution in [-0.2, 0) is 4.79 Å². The number of aliphatic hydroxyl groups is 1. The van der Waals surface area contributed by atoms with Crippen molar-refractivity contribution in [3.63, 3.8) is 0 Å². The van der Waals surface area contributed by atoms with Crippen molar-refractivity contribution >= 4 is 5.91 Å². The van der Waals surface area contributed by atoms with E-state index < -0.39 is 11.0 Å². The van der Waals surface area contributed by atoms with Crippen LogP contribution in [0.25, 0.3) is 0 Å². The number of hydrogen-bond acceptors (Lipinski definition) is 5. The SMILES string of the molecule is CC(=O)NC(C(/C=C(\C)[N+](=O)[O-])=C(/C)O)c1ccco1. The summed E-state index contributed by atoms with van der Waals surface area (Å²) in [6.07, 6.45) is 2.62. The zero-order valence-electron chi connectivity index (χ0n) is 11.4. The van der Waals surface area contributed by atoms with Crippen molar-refractivity contribution < 1.29 is 19.2 Å². The fraction of sp³-hybridized carbons (Fsp3) is 0.308. The molecule has 20 heavy (non-hydrogen) atoms. The smallest absolute Gasteiger partial charge is 0.243 e. The van der Waals surface area contributed by atoms with E-state index in [-0.39, 0.29) is 22.9 Å². The van der Waals surface area contributed by atoms with E-state index >= 15 is 0 Å². The minimum absolute atomic E-state index is 0.138. The quantitative estimate of drug-likeness (QED) is 0.373. The molecule has 7 nitrogen and oxygen atoms in total. The molecule has 0 aliphatic heterocycles. The summed E-state index contributed by atoms with van der Waals surface area (Å²) < 4.78 is 5.21. The van der Waals surface area contributed by atoms with E-state index in [0.29, 0.717) is 5.76 Å². The fourth-order valence-corrected chi connectivity index (χ4v) is 1.64. The highest BCUT2D eigenvalue weighted by Crippen LogP contribution is 2.26. The molecule has 1 heterocycles. The molecule has 0 radical (unpaired) electrons. The number of nitro groups is 1. The molecule has 0 saturated carbocycles. The monoisotopic (exact) mass is 280 g/mol. The average molecular weight is 280 g/mol. The third-order valence-electron chi connectivity index (χ3n) is 2.56. The van der Waals surface area contributed by atoms with E-state index in [4.69, 9.17) is 4.42 Å². The van der Waals surface area contributed by atoms with Gasteiger partial charge in [-0.3, -0.25) is 14.9 Å². The molecular formula is C13H16N2O5. The van der Waals surface area contributed by atoms with Crippen LogP contribution in [0.2, 0.25) is 0 Å². The van der Waals surface area contributed by atoms with Gasteiger partial charge in [0.15, 0.2) is 0 Å². The Bertz CT molecular complexity index is 553. The Kier molecular flexibility index (Phi) is 5.08. The van der Waals surface area contributed by atoms with E-state index in [1.807, 2.05) is 0 Å².